The molecule has 3 aromatic carbocycles. The van der Waals surface area contributed by atoms with Gasteiger partial charge in [0.05, 0.1) is 10.9 Å². The number of rotatable bonds is 10. The molecule has 0 heterocycles. The Labute approximate surface area is 228 Å². The van der Waals surface area contributed by atoms with Crippen LogP contribution in [0.15, 0.2) is 106 Å². The van der Waals surface area contributed by atoms with E-state index in [1.807, 2.05) is 0 Å². The van der Waals surface area contributed by atoms with E-state index in [1.54, 1.807) is 0 Å². The lowest BCUT2D eigenvalue weighted by Crippen LogP contribution is -2.66. The van der Waals surface area contributed by atoms with Crippen molar-refractivity contribution in [2.75, 3.05) is 0 Å². The summed E-state index contributed by atoms with van der Waals surface area (Å²) in [6, 6.07) is 32.2. The Morgan fingerprint density at radius 3 is 1.27 bits per heavy atom. The zero-order valence-electron chi connectivity index (χ0n) is 20.6. The summed E-state index contributed by atoms with van der Waals surface area (Å²) in [7, 11) is -7.43. The van der Waals surface area contributed by atoms with E-state index in [4.69, 9.17) is 0 Å². The Morgan fingerprint density at radius 1 is 0.675 bits per heavy atom. The first-order valence-corrected chi connectivity index (χ1v) is 14.1. The normalized spacial score (nSPS) is 13.9. The Bertz CT molecular complexity index is 1220. The Kier molecular flexibility index (Phi) is 10.8. The van der Waals surface area contributed by atoms with Crippen molar-refractivity contribution in [3.8, 4) is 0 Å². The van der Waals surface area contributed by atoms with Crippen LogP contribution in [-0.2, 0) is 21.0 Å². The summed E-state index contributed by atoms with van der Waals surface area (Å²) in [6.07, 6.45) is -5.85. The van der Waals surface area contributed by atoms with E-state index in [-0.39, 0.29) is 10.9 Å². The van der Waals surface area contributed by atoms with Gasteiger partial charge in [0.25, 0.3) is 0 Å². The van der Waals surface area contributed by atoms with Gasteiger partial charge in [0, 0.05) is 0 Å². The topological polar surface area (TPSA) is 57.2 Å². The molecule has 40 heavy (non-hydrogen) atoms. The molecule has 1 atom stereocenters. The molecule has 3 rings (SSSR count). The largest absolute Gasteiger partial charge is 0.743 e. The summed E-state index contributed by atoms with van der Waals surface area (Å²) in [4.78, 5) is 4.08. The average molecular weight is 619 g/mol. The molecule has 0 fully saturated rings. The van der Waals surface area contributed by atoms with E-state index in [0.717, 1.165) is 6.92 Å². The van der Waals surface area contributed by atoms with Crippen LogP contribution in [0.2, 0.25) is 0 Å². The van der Waals surface area contributed by atoms with Crippen molar-refractivity contribution in [1.29, 1.82) is 0 Å². The molecular formula is C26H23F9O3S2. The third-order valence-electron chi connectivity index (χ3n) is 5.36. The van der Waals surface area contributed by atoms with Gasteiger partial charge in [0.1, 0.15) is 0 Å². The van der Waals surface area contributed by atoms with Crippen molar-refractivity contribution >= 4 is 21.0 Å². The second-order valence-electron chi connectivity index (χ2n) is 8.24. The fourth-order valence-electron chi connectivity index (χ4n) is 3.26. The molecule has 220 valence electrons. The molecule has 0 saturated heterocycles. The van der Waals surface area contributed by atoms with Crippen molar-refractivity contribution in [3.63, 3.8) is 0 Å². The summed E-state index contributed by atoms with van der Waals surface area (Å²) in [5, 5.41) is -7.06. The monoisotopic (exact) mass is 618 g/mol. The minimum atomic E-state index is -7.41. The molecule has 0 radical (unpaired) electrons. The van der Waals surface area contributed by atoms with Crippen LogP contribution in [-0.4, -0.2) is 42.2 Å². The van der Waals surface area contributed by atoms with Crippen molar-refractivity contribution in [2.45, 2.75) is 63.6 Å². The summed E-state index contributed by atoms with van der Waals surface area (Å²) >= 11 is 0. The van der Waals surface area contributed by atoms with Crippen LogP contribution >= 0.6 is 0 Å². The third kappa shape index (κ3) is 6.77. The first-order chi connectivity index (χ1) is 18.4. The zero-order chi connectivity index (χ0) is 30.4. The average Bonchev–Trinajstić information content (AvgIpc) is 2.90. The predicted octanol–water partition coefficient (Wildman–Crippen LogP) is 7.95. The van der Waals surface area contributed by atoms with Gasteiger partial charge in [-0.2, -0.15) is 35.1 Å². The zero-order valence-corrected chi connectivity index (χ0v) is 22.2. The maximum absolute atomic E-state index is 13.0. The van der Waals surface area contributed by atoms with Gasteiger partial charge in [-0.05, 0) is 42.8 Å². The quantitative estimate of drug-likeness (QED) is 0.132. The standard InChI is InChI=1S/C18H15S.C8H9F9O3S/c1-4-10-16(11-5-1)19(17-12-6-2-7-13-17)18-14-8-3-9-15-18;1-2-3-4(9)5(10,11)6(12,13)7(14,15)8(16,17)21(18,19)20/h1-15H;4H,2-3H2,1H3,(H,18,19,20)/q+1;/p-1. The minimum absolute atomic E-state index is 0.0146. The lowest BCUT2D eigenvalue weighted by atomic mass is 9.98. The van der Waals surface area contributed by atoms with Crippen molar-refractivity contribution in [3.05, 3.63) is 91.0 Å². The van der Waals surface area contributed by atoms with E-state index in [2.05, 4.69) is 91.0 Å². The van der Waals surface area contributed by atoms with Crippen LogP contribution < -0.4 is 0 Å². The van der Waals surface area contributed by atoms with Gasteiger partial charge < -0.3 is 4.55 Å². The molecular weight excluding hydrogens is 595 g/mol. The molecule has 0 aliphatic carbocycles. The van der Waals surface area contributed by atoms with Crippen LogP contribution in [0.3, 0.4) is 0 Å². The molecule has 0 aliphatic heterocycles. The maximum atomic E-state index is 13.0. The van der Waals surface area contributed by atoms with Crippen LogP contribution in [0, 0.1) is 0 Å². The molecule has 0 spiro atoms. The number of alkyl halides is 9. The van der Waals surface area contributed by atoms with Gasteiger partial charge in [0.2, 0.25) is 0 Å². The van der Waals surface area contributed by atoms with Crippen molar-refractivity contribution < 1.29 is 52.5 Å². The van der Waals surface area contributed by atoms with Gasteiger partial charge in [-0.1, -0.05) is 67.9 Å². The van der Waals surface area contributed by atoms with Gasteiger partial charge in [-0.25, -0.2) is 12.8 Å². The van der Waals surface area contributed by atoms with Gasteiger partial charge in [-0.15, -0.1) is 0 Å². The number of hydrogen-bond donors (Lipinski definition) is 0. The molecule has 0 amide bonds. The maximum Gasteiger partial charge on any atom is 0.402 e. The second kappa shape index (κ2) is 12.9. The molecule has 1 unspecified atom stereocenters. The highest BCUT2D eigenvalue weighted by atomic mass is 32.2. The highest BCUT2D eigenvalue weighted by Crippen LogP contribution is 2.55. The summed E-state index contributed by atoms with van der Waals surface area (Å²) < 4.78 is 145. The van der Waals surface area contributed by atoms with E-state index in [9.17, 15) is 52.5 Å². The third-order valence-corrected chi connectivity index (χ3v) is 8.48. The summed E-state index contributed by atoms with van der Waals surface area (Å²) in [6.45, 7) is 1.01. The highest BCUT2D eigenvalue weighted by molar-refractivity contribution is 7.97. The van der Waals surface area contributed by atoms with Gasteiger partial charge in [-0.3, -0.25) is 0 Å². The number of benzene rings is 3. The van der Waals surface area contributed by atoms with E-state index < -0.39 is 52.2 Å². The van der Waals surface area contributed by atoms with Crippen molar-refractivity contribution in [2.24, 2.45) is 0 Å². The molecule has 0 aliphatic rings. The number of hydrogen-bond acceptors (Lipinski definition) is 3. The fourth-order valence-corrected chi connectivity index (χ4v) is 5.81. The van der Waals surface area contributed by atoms with Crippen LogP contribution in [0.1, 0.15) is 19.8 Å². The first kappa shape index (κ1) is 33.5. The van der Waals surface area contributed by atoms with Gasteiger partial charge in [0.15, 0.2) is 31.0 Å². The first-order valence-electron chi connectivity index (χ1n) is 11.4. The molecule has 0 N–H and O–H groups in total. The van der Waals surface area contributed by atoms with Crippen LogP contribution in [0.4, 0.5) is 39.5 Å². The lowest BCUT2D eigenvalue weighted by Gasteiger charge is -2.38. The van der Waals surface area contributed by atoms with Gasteiger partial charge >= 0.3 is 23.0 Å². The van der Waals surface area contributed by atoms with E-state index in [0.29, 0.717) is 0 Å². The molecule has 14 heteroatoms. The fraction of sp³-hybridized carbons (Fsp3) is 0.308. The summed E-state index contributed by atoms with van der Waals surface area (Å²) in [5.74, 6) is -20.8. The molecule has 3 aromatic rings. The molecule has 0 bridgehead atoms. The Balaban J connectivity index is 0.000000281. The number of halogens is 9. The second-order valence-corrected chi connectivity index (χ2v) is 11.7. The SMILES string of the molecule is CCCC(F)C(F)(F)C(F)(F)C(F)(F)C(F)(F)S(=O)(=O)[O-].c1ccc([S+](c2ccccc2)c2ccccc2)cc1. The molecule has 3 nitrogen and oxygen atoms in total. The predicted molar refractivity (Wildman–Crippen MR) is 131 cm³/mol. The smallest absolute Gasteiger partial charge is 0.402 e. The highest BCUT2D eigenvalue weighted by Gasteiger charge is 2.84. The molecule has 0 aromatic heterocycles. The Hall–Kier alpha value is -2.71. The lowest BCUT2D eigenvalue weighted by molar-refractivity contribution is -0.359. The van der Waals surface area contributed by atoms with Crippen LogP contribution in [0.5, 0.6) is 0 Å². The van der Waals surface area contributed by atoms with E-state index >= 15 is 0 Å². The van der Waals surface area contributed by atoms with Crippen LogP contribution in [0.25, 0.3) is 0 Å². The Morgan fingerprint density at radius 2 is 1.00 bits per heavy atom. The van der Waals surface area contributed by atoms with E-state index in [1.165, 1.54) is 14.7 Å². The molecule has 0 saturated carbocycles. The van der Waals surface area contributed by atoms with Crippen molar-refractivity contribution in [1.82, 2.24) is 0 Å². The summed E-state index contributed by atoms with van der Waals surface area (Å²) in [5.41, 5.74) is 0. The minimum Gasteiger partial charge on any atom is -0.743 e.